The molecule has 3 aromatic carbocycles. The van der Waals surface area contributed by atoms with Crippen LogP contribution in [-0.4, -0.2) is 27.9 Å². The predicted molar refractivity (Wildman–Crippen MR) is 119 cm³/mol. The molecule has 0 aliphatic rings. The van der Waals surface area contributed by atoms with E-state index in [9.17, 15) is 14.7 Å². The SMILES string of the molecule is Cc1ccc(C=CC(=O)N(Cc2ccccc2)C(Cc2ccccc2)C(=O)O)cc1. The third kappa shape index (κ3) is 5.92. The lowest BCUT2D eigenvalue weighted by atomic mass is 10.0. The van der Waals surface area contributed by atoms with E-state index in [1.165, 1.54) is 11.0 Å². The highest BCUT2D eigenvalue weighted by Gasteiger charge is 2.29. The smallest absolute Gasteiger partial charge is 0.326 e. The maximum absolute atomic E-state index is 13.1. The van der Waals surface area contributed by atoms with Crippen molar-refractivity contribution >= 4 is 18.0 Å². The third-order valence-electron chi connectivity index (χ3n) is 4.91. The van der Waals surface area contributed by atoms with Gasteiger partial charge < -0.3 is 10.0 Å². The van der Waals surface area contributed by atoms with Crippen LogP contribution in [0.2, 0.25) is 0 Å². The first kappa shape index (κ1) is 21.1. The van der Waals surface area contributed by atoms with Crippen molar-refractivity contribution in [3.63, 3.8) is 0 Å². The van der Waals surface area contributed by atoms with Crippen molar-refractivity contribution in [1.29, 1.82) is 0 Å². The molecule has 0 aliphatic heterocycles. The van der Waals surface area contributed by atoms with E-state index in [1.54, 1.807) is 6.08 Å². The summed E-state index contributed by atoms with van der Waals surface area (Å²) in [5, 5.41) is 9.93. The molecule has 0 bridgehead atoms. The molecule has 30 heavy (non-hydrogen) atoms. The van der Waals surface area contributed by atoms with Crippen molar-refractivity contribution in [1.82, 2.24) is 4.90 Å². The van der Waals surface area contributed by atoms with Gasteiger partial charge in [0, 0.05) is 19.0 Å². The molecule has 0 saturated carbocycles. The second-order valence-electron chi connectivity index (χ2n) is 7.24. The molecule has 4 heteroatoms. The summed E-state index contributed by atoms with van der Waals surface area (Å²) >= 11 is 0. The van der Waals surface area contributed by atoms with Gasteiger partial charge in [0.2, 0.25) is 5.91 Å². The number of benzene rings is 3. The van der Waals surface area contributed by atoms with Crippen molar-refractivity contribution in [3.05, 3.63) is 113 Å². The number of carbonyl (C=O) groups excluding carboxylic acids is 1. The lowest BCUT2D eigenvalue weighted by Crippen LogP contribution is -2.45. The van der Waals surface area contributed by atoms with Crippen LogP contribution in [0, 0.1) is 6.92 Å². The van der Waals surface area contributed by atoms with Gasteiger partial charge in [0.05, 0.1) is 0 Å². The van der Waals surface area contributed by atoms with Gasteiger partial charge in [0.25, 0.3) is 0 Å². The Morgan fingerprint density at radius 3 is 2.00 bits per heavy atom. The standard InChI is InChI=1S/C26H25NO3/c1-20-12-14-21(15-13-20)16-17-25(28)27(19-23-10-6-3-7-11-23)24(26(29)30)18-22-8-4-2-5-9-22/h2-17,24H,18-19H2,1H3,(H,29,30). The summed E-state index contributed by atoms with van der Waals surface area (Å²) in [7, 11) is 0. The van der Waals surface area contributed by atoms with E-state index in [-0.39, 0.29) is 18.9 Å². The van der Waals surface area contributed by atoms with Crippen LogP contribution in [0.15, 0.2) is 91.0 Å². The molecular weight excluding hydrogens is 374 g/mol. The zero-order chi connectivity index (χ0) is 21.3. The molecule has 0 heterocycles. The van der Waals surface area contributed by atoms with Crippen LogP contribution >= 0.6 is 0 Å². The first-order valence-corrected chi connectivity index (χ1v) is 9.89. The Morgan fingerprint density at radius 1 is 0.867 bits per heavy atom. The van der Waals surface area contributed by atoms with Gasteiger partial charge in [-0.2, -0.15) is 0 Å². The van der Waals surface area contributed by atoms with E-state index in [0.29, 0.717) is 0 Å². The zero-order valence-corrected chi connectivity index (χ0v) is 16.9. The van der Waals surface area contributed by atoms with Crippen LogP contribution < -0.4 is 0 Å². The Balaban J connectivity index is 1.88. The van der Waals surface area contributed by atoms with Gasteiger partial charge in [-0.1, -0.05) is 90.5 Å². The van der Waals surface area contributed by atoms with Crippen LogP contribution in [0.25, 0.3) is 6.08 Å². The van der Waals surface area contributed by atoms with Gasteiger partial charge in [-0.05, 0) is 29.7 Å². The quantitative estimate of drug-likeness (QED) is 0.557. The number of hydrogen-bond acceptors (Lipinski definition) is 2. The number of hydrogen-bond donors (Lipinski definition) is 1. The normalized spacial score (nSPS) is 11.9. The van der Waals surface area contributed by atoms with Crippen LogP contribution in [0.4, 0.5) is 0 Å². The van der Waals surface area contributed by atoms with Gasteiger partial charge in [-0.3, -0.25) is 4.79 Å². The summed E-state index contributed by atoms with van der Waals surface area (Å²) in [4.78, 5) is 26.7. The molecule has 0 saturated heterocycles. The first-order chi connectivity index (χ1) is 14.5. The highest BCUT2D eigenvalue weighted by Crippen LogP contribution is 2.16. The Bertz CT molecular complexity index is 995. The second-order valence-corrected chi connectivity index (χ2v) is 7.24. The number of nitrogens with zero attached hydrogens (tertiary/aromatic N) is 1. The van der Waals surface area contributed by atoms with Crippen LogP contribution in [0.3, 0.4) is 0 Å². The lowest BCUT2D eigenvalue weighted by molar-refractivity contribution is -0.148. The van der Waals surface area contributed by atoms with Crippen molar-refractivity contribution < 1.29 is 14.7 Å². The van der Waals surface area contributed by atoms with E-state index in [2.05, 4.69) is 0 Å². The van der Waals surface area contributed by atoms with Gasteiger partial charge in [-0.25, -0.2) is 4.79 Å². The van der Waals surface area contributed by atoms with E-state index in [1.807, 2.05) is 91.9 Å². The number of aliphatic carboxylic acids is 1. The average molecular weight is 399 g/mol. The molecule has 3 aromatic rings. The minimum Gasteiger partial charge on any atom is -0.480 e. The highest BCUT2D eigenvalue weighted by atomic mass is 16.4. The van der Waals surface area contributed by atoms with Gasteiger partial charge in [0.15, 0.2) is 0 Å². The number of rotatable bonds is 8. The van der Waals surface area contributed by atoms with E-state index in [4.69, 9.17) is 0 Å². The summed E-state index contributed by atoms with van der Waals surface area (Å²) in [6, 6.07) is 25.7. The Kier molecular flexibility index (Phi) is 7.17. The Hall–Kier alpha value is -3.66. The maximum atomic E-state index is 13.1. The predicted octanol–water partition coefficient (Wildman–Crippen LogP) is 4.73. The van der Waals surface area contributed by atoms with Crippen molar-refractivity contribution in [2.45, 2.75) is 25.9 Å². The van der Waals surface area contributed by atoms with Crippen molar-refractivity contribution in [2.24, 2.45) is 0 Å². The average Bonchev–Trinajstić information content (AvgIpc) is 2.77. The summed E-state index contributed by atoms with van der Waals surface area (Å²) in [6.45, 7) is 2.23. The molecule has 0 aliphatic carbocycles. The summed E-state index contributed by atoms with van der Waals surface area (Å²) in [5.74, 6) is -1.35. The van der Waals surface area contributed by atoms with Gasteiger partial charge in [-0.15, -0.1) is 0 Å². The minimum atomic E-state index is -1.02. The fourth-order valence-electron chi connectivity index (χ4n) is 3.23. The fraction of sp³-hybridized carbons (Fsp3) is 0.154. The van der Waals surface area contributed by atoms with Crippen LogP contribution in [0.1, 0.15) is 22.3 Å². The molecule has 0 radical (unpaired) electrons. The molecule has 0 fully saturated rings. The number of carbonyl (C=O) groups is 2. The topological polar surface area (TPSA) is 57.6 Å². The second kappa shape index (κ2) is 10.2. The number of carboxylic acid groups (broad SMARTS) is 1. The minimum absolute atomic E-state index is 0.224. The monoisotopic (exact) mass is 399 g/mol. The molecule has 3 rings (SSSR count). The van der Waals surface area contributed by atoms with Gasteiger partial charge in [0.1, 0.15) is 6.04 Å². The van der Waals surface area contributed by atoms with Crippen molar-refractivity contribution in [3.8, 4) is 0 Å². The maximum Gasteiger partial charge on any atom is 0.326 e. The molecule has 4 nitrogen and oxygen atoms in total. The molecule has 0 aromatic heterocycles. The molecule has 1 amide bonds. The van der Waals surface area contributed by atoms with Crippen LogP contribution in [-0.2, 0) is 22.6 Å². The molecular formula is C26H25NO3. The molecule has 1 unspecified atom stereocenters. The first-order valence-electron chi connectivity index (χ1n) is 9.89. The van der Waals surface area contributed by atoms with Gasteiger partial charge >= 0.3 is 5.97 Å². The summed E-state index contributed by atoms with van der Waals surface area (Å²) in [6.07, 6.45) is 3.42. The molecule has 1 atom stereocenters. The summed E-state index contributed by atoms with van der Waals surface area (Å²) < 4.78 is 0. The Labute approximate surface area is 177 Å². The van der Waals surface area contributed by atoms with E-state index in [0.717, 1.165) is 22.3 Å². The lowest BCUT2D eigenvalue weighted by Gasteiger charge is -2.28. The molecule has 152 valence electrons. The third-order valence-corrected chi connectivity index (χ3v) is 4.91. The highest BCUT2D eigenvalue weighted by molar-refractivity contribution is 5.94. The van der Waals surface area contributed by atoms with E-state index >= 15 is 0 Å². The zero-order valence-electron chi connectivity index (χ0n) is 16.9. The number of carboxylic acids is 1. The molecule has 0 spiro atoms. The van der Waals surface area contributed by atoms with Crippen molar-refractivity contribution in [2.75, 3.05) is 0 Å². The largest absolute Gasteiger partial charge is 0.480 e. The fourth-order valence-corrected chi connectivity index (χ4v) is 3.23. The Morgan fingerprint density at radius 2 is 1.43 bits per heavy atom. The van der Waals surface area contributed by atoms with E-state index < -0.39 is 12.0 Å². The summed E-state index contributed by atoms with van der Waals surface area (Å²) in [5.41, 5.74) is 3.79. The number of amides is 1. The van der Waals surface area contributed by atoms with Crippen LogP contribution in [0.5, 0.6) is 0 Å². The molecule has 1 N–H and O–H groups in total. The number of aryl methyl sites for hydroxylation is 1.